The molecule has 2 aromatic rings. The Bertz CT molecular complexity index is 1160. The maximum atomic E-state index is 13.5. The molecule has 2 bridgehead atoms. The minimum absolute atomic E-state index is 0.00813. The third-order valence-corrected chi connectivity index (χ3v) is 7.74. The molecule has 2 amide bonds. The first-order valence-corrected chi connectivity index (χ1v) is 12.0. The first-order chi connectivity index (χ1) is 16.4. The first-order valence-electron chi connectivity index (χ1n) is 11.6. The van der Waals surface area contributed by atoms with Gasteiger partial charge in [-0.3, -0.25) is 4.79 Å². The number of benzene rings is 1. The third kappa shape index (κ3) is 4.11. The lowest BCUT2D eigenvalue weighted by Gasteiger charge is -2.68. The zero-order chi connectivity index (χ0) is 25.2. The number of hydrogen-bond donors (Lipinski definition) is 2. The lowest BCUT2D eigenvalue weighted by Crippen LogP contribution is -2.77. The molecule has 3 aliphatic carbocycles. The molecule has 3 saturated carbocycles. The smallest absolute Gasteiger partial charge is 0.407 e. The van der Waals surface area contributed by atoms with Gasteiger partial charge in [0, 0.05) is 18.2 Å². The monoisotopic (exact) mass is 506 g/mol. The Kier molecular flexibility index (Phi) is 5.50. The van der Waals surface area contributed by atoms with E-state index in [1.807, 2.05) is 20.8 Å². The van der Waals surface area contributed by atoms with Crippen molar-refractivity contribution >= 4 is 23.6 Å². The molecule has 35 heavy (non-hydrogen) atoms. The molecule has 4 fully saturated rings. The van der Waals surface area contributed by atoms with E-state index in [9.17, 15) is 19.1 Å². The molecular weight excluding hydrogens is 479 g/mol. The standard InChI is InChI=1S/C24H28ClFN4O5/c1-22(2,3)18-14(6-7-30(18)21(32)33)19-28-29-20(35-19)23-10-24(11-23,12-23)27-17(31)9-34-13-4-5-15(25)16(26)8-13/h4-5,8,14,18H,6-7,9-12H2,1-3H3,(H,27,31)(H,32,33). The quantitative estimate of drug-likeness (QED) is 0.605. The van der Waals surface area contributed by atoms with Crippen molar-refractivity contribution in [3.05, 3.63) is 40.8 Å². The van der Waals surface area contributed by atoms with E-state index in [1.165, 1.54) is 17.0 Å². The van der Waals surface area contributed by atoms with Crippen LogP contribution in [0.1, 0.15) is 64.2 Å². The second kappa shape index (κ2) is 8.08. The van der Waals surface area contributed by atoms with Crippen LogP contribution in [0, 0.1) is 11.2 Å². The summed E-state index contributed by atoms with van der Waals surface area (Å²) in [4.78, 5) is 25.6. The molecule has 2 N–H and O–H groups in total. The summed E-state index contributed by atoms with van der Waals surface area (Å²) < 4.78 is 25.0. The van der Waals surface area contributed by atoms with Crippen molar-refractivity contribution in [3.8, 4) is 5.75 Å². The molecule has 2 unspecified atom stereocenters. The zero-order valence-corrected chi connectivity index (χ0v) is 20.6. The average Bonchev–Trinajstić information content (AvgIpc) is 3.37. The number of carbonyl (C=O) groups excluding carboxylic acids is 1. The molecule has 2 atom stereocenters. The summed E-state index contributed by atoms with van der Waals surface area (Å²) in [6.07, 6.45) is 1.78. The van der Waals surface area contributed by atoms with Gasteiger partial charge in [0.1, 0.15) is 11.6 Å². The fourth-order valence-electron chi connectivity index (χ4n) is 6.13. The van der Waals surface area contributed by atoms with E-state index >= 15 is 0 Å². The molecule has 11 heteroatoms. The van der Waals surface area contributed by atoms with Crippen molar-refractivity contribution in [1.82, 2.24) is 20.4 Å². The van der Waals surface area contributed by atoms with Gasteiger partial charge in [-0.2, -0.15) is 0 Å². The van der Waals surface area contributed by atoms with Crippen LogP contribution in [0.15, 0.2) is 22.6 Å². The van der Waals surface area contributed by atoms with E-state index in [4.69, 9.17) is 20.8 Å². The minimum Gasteiger partial charge on any atom is -0.484 e. The molecule has 4 aliphatic rings. The van der Waals surface area contributed by atoms with E-state index in [2.05, 4.69) is 15.5 Å². The summed E-state index contributed by atoms with van der Waals surface area (Å²) in [5.41, 5.74) is -0.846. The van der Waals surface area contributed by atoms with Crippen molar-refractivity contribution in [1.29, 1.82) is 0 Å². The second-order valence-corrected chi connectivity index (χ2v) is 11.5. The lowest BCUT2D eigenvalue weighted by atomic mass is 9.39. The lowest BCUT2D eigenvalue weighted by molar-refractivity contribution is -0.143. The average molecular weight is 507 g/mol. The van der Waals surface area contributed by atoms with Crippen LogP contribution >= 0.6 is 11.6 Å². The van der Waals surface area contributed by atoms with Crippen LogP contribution in [0.25, 0.3) is 0 Å². The van der Waals surface area contributed by atoms with Gasteiger partial charge in [0.05, 0.1) is 22.4 Å². The minimum atomic E-state index is -0.936. The van der Waals surface area contributed by atoms with Gasteiger partial charge in [0.15, 0.2) is 6.61 Å². The van der Waals surface area contributed by atoms with Crippen LogP contribution in [-0.2, 0) is 10.2 Å². The summed E-state index contributed by atoms with van der Waals surface area (Å²) in [5, 5.41) is 21.2. The predicted octanol–water partition coefficient (Wildman–Crippen LogP) is 4.11. The first kappa shape index (κ1) is 23.8. The number of amides is 2. The fraction of sp³-hybridized carbons (Fsp3) is 0.583. The van der Waals surface area contributed by atoms with Crippen LogP contribution < -0.4 is 10.1 Å². The molecular formula is C24H28ClFN4O5. The molecule has 0 spiro atoms. The Labute approximate surface area is 207 Å². The van der Waals surface area contributed by atoms with Gasteiger partial charge in [-0.15, -0.1) is 10.2 Å². The maximum absolute atomic E-state index is 13.5. The normalized spacial score (nSPS) is 29.3. The summed E-state index contributed by atoms with van der Waals surface area (Å²) in [5.74, 6) is 0.229. The molecule has 1 aliphatic heterocycles. The number of ether oxygens (including phenoxy) is 1. The highest BCUT2D eigenvalue weighted by atomic mass is 35.5. The van der Waals surface area contributed by atoms with E-state index in [0.717, 1.165) is 6.07 Å². The third-order valence-electron chi connectivity index (χ3n) is 7.44. The van der Waals surface area contributed by atoms with Gasteiger partial charge in [-0.05, 0) is 43.2 Å². The number of halogens is 2. The molecule has 9 nitrogen and oxygen atoms in total. The highest BCUT2D eigenvalue weighted by Gasteiger charge is 2.72. The summed E-state index contributed by atoms with van der Waals surface area (Å²) >= 11 is 5.66. The topological polar surface area (TPSA) is 118 Å². The molecule has 0 radical (unpaired) electrons. The van der Waals surface area contributed by atoms with Crippen molar-refractivity contribution in [3.63, 3.8) is 0 Å². The van der Waals surface area contributed by atoms with E-state index in [-0.39, 0.29) is 51.6 Å². The summed E-state index contributed by atoms with van der Waals surface area (Å²) in [7, 11) is 0. The Balaban J connectivity index is 1.18. The zero-order valence-electron chi connectivity index (χ0n) is 19.8. The fourth-order valence-corrected chi connectivity index (χ4v) is 6.25. The number of aromatic nitrogens is 2. The summed E-state index contributed by atoms with van der Waals surface area (Å²) in [6, 6.07) is 3.78. The number of carbonyl (C=O) groups is 2. The molecule has 1 aromatic heterocycles. The number of hydrogen-bond acceptors (Lipinski definition) is 6. The number of likely N-dealkylation sites (tertiary alicyclic amines) is 1. The van der Waals surface area contributed by atoms with Gasteiger partial charge in [0.2, 0.25) is 11.8 Å². The number of nitrogens with one attached hydrogen (secondary N) is 1. The highest BCUT2D eigenvalue weighted by Crippen LogP contribution is 2.67. The number of rotatable bonds is 6. The van der Waals surface area contributed by atoms with Crippen molar-refractivity contribution in [2.75, 3.05) is 13.2 Å². The Morgan fingerprint density at radius 3 is 2.66 bits per heavy atom. The van der Waals surface area contributed by atoms with Crippen LogP contribution in [0.5, 0.6) is 5.75 Å². The van der Waals surface area contributed by atoms with Gasteiger partial charge in [0.25, 0.3) is 5.91 Å². The second-order valence-electron chi connectivity index (χ2n) is 11.1. The Morgan fingerprint density at radius 2 is 2.03 bits per heavy atom. The maximum Gasteiger partial charge on any atom is 0.407 e. The molecule has 2 heterocycles. The van der Waals surface area contributed by atoms with Gasteiger partial charge in [-0.25, -0.2) is 9.18 Å². The van der Waals surface area contributed by atoms with Crippen LogP contribution in [0.2, 0.25) is 5.02 Å². The summed E-state index contributed by atoms with van der Waals surface area (Å²) in [6.45, 7) is 6.26. The van der Waals surface area contributed by atoms with Gasteiger partial charge in [-0.1, -0.05) is 32.4 Å². The molecule has 1 saturated heterocycles. The molecule has 1 aromatic carbocycles. The molecule has 188 valence electrons. The van der Waals surface area contributed by atoms with Gasteiger partial charge < -0.3 is 24.5 Å². The predicted molar refractivity (Wildman–Crippen MR) is 123 cm³/mol. The van der Waals surface area contributed by atoms with Gasteiger partial charge >= 0.3 is 6.09 Å². The molecule has 6 rings (SSSR count). The highest BCUT2D eigenvalue weighted by molar-refractivity contribution is 6.30. The van der Waals surface area contributed by atoms with Crippen molar-refractivity contribution in [2.45, 2.75) is 69.4 Å². The largest absolute Gasteiger partial charge is 0.484 e. The Hall–Kier alpha value is -2.88. The van der Waals surface area contributed by atoms with Crippen LogP contribution in [0.4, 0.5) is 9.18 Å². The SMILES string of the molecule is CC(C)(C)C1C(c2nnc(C34CC(NC(=O)COc5ccc(Cl)c(F)c5)(C3)C4)o2)CCN1C(=O)O. The van der Waals surface area contributed by atoms with Crippen LogP contribution in [0.3, 0.4) is 0 Å². The number of nitrogens with zero attached hydrogens (tertiary/aromatic N) is 3. The Morgan fingerprint density at radius 1 is 1.31 bits per heavy atom. The number of carboxylic acid groups (broad SMARTS) is 1. The van der Waals surface area contributed by atoms with Crippen LogP contribution in [-0.4, -0.2) is 56.9 Å². The van der Waals surface area contributed by atoms with E-state index in [1.54, 1.807) is 0 Å². The van der Waals surface area contributed by atoms with E-state index < -0.39 is 11.9 Å². The van der Waals surface area contributed by atoms with E-state index in [0.29, 0.717) is 44.0 Å². The van der Waals surface area contributed by atoms with Crippen molar-refractivity contribution in [2.24, 2.45) is 5.41 Å². The van der Waals surface area contributed by atoms with Crippen molar-refractivity contribution < 1.29 is 28.2 Å².